The van der Waals surface area contributed by atoms with Crippen LogP contribution in [0.5, 0.6) is 0 Å². The highest BCUT2D eigenvalue weighted by atomic mass is 35.5. The Balaban J connectivity index is 2.78. The van der Waals surface area contributed by atoms with Gasteiger partial charge in [-0.15, -0.1) is 0 Å². The molecule has 0 aliphatic heterocycles. The van der Waals surface area contributed by atoms with Gasteiger partial charge in [-0.2, -0.15) is 0 Å². The first kappa shape index (κ1) is 21.9. The molecule has 146 valence electrons. The minimum Gasteiger partial charge on any atom is -0.370 e. The summed E-state index contributed by atoms with van der Waals surface area (Å²) in [6.45, 7) is 2.99. The molecule has 6 nitrogen and oxygen atoms in total. The summed E-state index contributed by atoms with van der Waals surface area (Å²) < 4.78 is 0. The van der Waals surface area contributed by atoms with Crippen molar-refractivity contribution in [3.63, 3.8) is 0 Å². The molecule has 2 aromatic rings. The first-order valence-corrected chi connectivity index (χ1v) is 8.80. The Morgan fingerprint density at radius 3 is 1.21 bits per heavy atom. The van der Waals surface area contributed by atoms with E-state index in [4.69, 9.17) is 23.2 Å². The van der Waals surface area contributed by atoms with E-state index >= 15 is 0 Å². The SMILES string of the molecule is Cc1ccccc1C(=O)C(O)(C(=O)Cl)C(O)(C(=O)Cl)C(=O)c1ccccc1C. The Hall–Kier alpha value is -2.38. The molecule has 0 amide bonds. The maximum Gasteiger partial charge on any atom is 0.265 e. The van der Waals surface area contributed by atoms with Gasteiger partial charge in [-0.25, -0.2) is 0 Å². The number of carbonyl (C=O) groups is 4. The average Bonchev–Trinajstić information content (AvgIpc) is 2.65. The summed E-state index contributed by atoms with van der Waals surface area (Å²) in [5, 5.41) is 18.2. The van der Waals surface area contributed by atoms with Gasteiger partial charge in [-0.05, 0) is 48.2 Å². The number of rotatable bonds is 7. The van der Waals surface area contributed by atoms with E-state index in [-0.39, 0.29) is 11.1 Å². The van der Waals surface area contributed by atoms with E-state index in [0.717, 1.165) is 0 Å². The van der Waals surface area contributed by atoms with Gasteiger partial charge in [0, 0.05) is 11.1 Å². The Labute approximate surface area is 170 Å². The molecule has 2 unspecified atom stereocenters. The molecular formula is C20H16Cl2O6. The number of carbonyl (C=O) groups excluding carboxylic acids is 4. The van der Waals surface area contributed by atoms with E-state index < -0.39 is 33.3 Å². The van der Waals surface area contributed by atoms with Gasteiger partial charge in [0.05, 0.1) is 0 Å². The lowest BCUT2D eigenvalue weighted by atomic mass is 9.73. The second-order valence-electron chi connectivity index (χ2n) is 6.26. The van der Waals surface area contributed by atoms with Crippen molar-refractivity contribution in [1.29, 1.82) is 0 Å². The van der Waals surface area contributed by atoms with Crippen molar-refractivity contribution >= 4 is 45.3 Å². The fourth-order valence-corrected chi connectivity index (χ4v) is 3.28. The molecule has 0 aliphatic rings. The molecule has 0 aromatic heterocycles. The molecule has 0 radical (unpaired) electrons. The summed E-state index contributed by atoms with van der Waals surface area (Å²) in [6, 6.07) is 11.5. The highest BCUT2D eigenvalue weighted by Crippen LogP contribution is 2.35. The maximum absolute atomic E-state index is 13.0. The van der Waals surface area contributed by atoms with Crippen LogP contribution in [0.1, 0.15) is 31.8 Å². The van der Waals surface area contributed by atoms with Crippen LogP contribution < -0.4 is 0 Å². The van der Waals surface area contributed by atoms with Crippen molar-refractivity contribution in [2.75, 3.05) is 0 Å². The highest BCUT2D eigenvalue weighted by Gasteiger charge is 2.68. The maximum atomic E-state index is 13.0. The topological polar surface area (TPSA) is 109 Å². The number of aliphatic hydroxyl groups is 2. The minimum atomic E-state index is -3.64. The first-order valence-electron chi connectivity index (χ1n) is 8.05. The molecule has 28 heavy (non-hydrogen) atoms. The van der Waals surface area contributed by atoms with Gasteiger partial charge in [0.1, 0.15) is 0 Å². The third-order valence-electron chi connectivity index (χ3n) is 4.53. The van der Waals surface area contributed by atoms with Crippen LogP contribution in [0, 0.1) is 13.8 Å². The minimum absolute atomic E-state index is 0.215. The van der Waals surface area contributed by atoms with Gasteiger partial charge in [0.15, 0.2) is 0 Å². The van der Waals surface area contributed by atoms with E-state index in [1.54, 1.807) is 12.1 Å². The molecule has 2 rings (SSSR count). The van der Waals surface area contributed by atoms with Gasteiger partial charge in [-0.3, -0.25) is 19.2 Å². The van der Waals surface area contributed by atoms with Crippen LogP contribution in [0.2, 0.25) is 0 Å². The van der Waals surface area contributed by atoms with Crippen LogP contribution in [0.4, 0.5) is 0 Å². The van der Waals surface area contributed by atoms with Crippen LogP contribution in [0.3, 0.4) is 0 Å². The summed E-state index contributed by atoms with van der Waals surface area (Å²) in [7, 11) is 0. The van der Waals surface area contributed by atoms with Crippen molar-refractivity contribution < 1.29 is 29.4 Å². The summed E-state index contributed by atoms with van der Waals surface area (Å²) in [4.78, 5) is 50.3. The van der Waals surface area contributed by atoms with Crippen molar-refractivity contribution in [3.8, 4) is 0 Å². The fourth-order valence-electron chi connectivity index (χ4n) is 2.84. The molecule has 0 saturated heterocycles. The number of halogens is 2. The second-order valence-corrected chi connectivity index (χ2v) is 6.94. The molecule has 2 N–H and O–H groups in total. The molecule has 0 heterocycles. The van der Waals surface area contributed by atoms with Crippen LogP contribution in [0.25, 0.3) is 0 Å². The molecule has 0 bridgehead atoms. The van der Waals surface area contributed by atoms with E-state index in [1.807, 2.05) is 0 Å². The van der Waals surface area contributed by atoms with Crippen molar-refractivity contribution in [3.05, 3.63) is 70.8 Å². The lowest BCUT2D eigenvalue weighted by Crippen LogP contribution is -2.69. The van der Waals surface area contributed by atoms with E-state index in [1.165, 1.54) is 50.2 Å². The number of benzene rings is 2. The quantitative estimate of drug-likeness (QED) is 0.402. The van der Waals surface area contributed by atoms with E-state index in [9.17, 15) is 29.4 Å². The first-order chi connectivity index (χ1) is 13.0. The van der Waals surface area contributed by atoms with Gasteiger partial charge in [-0.1, -0.05) is 48.5 Å². The second kappa shape index (κ2) is 7.93. The number of aryl methyl sites for hydroxylation is 2. The summed E-state index contributed by atoms with van der Waals surface area (Å²) in [5.74, 6) is -2.85. The van der Waals surface area contributed by atoms with Gasteiger partial charge in [0.25, 0.3) is 10.5 Å². The smallest absolute Gasteiger partial charge is 0.265 e. The Morgan fingerprint density at radius 1 is 0.679 bits per heavy atom. The molecule has 0 saturated carbocycles. The van der Waals surface area contributed by atoms with Crippen LogP contribution in [-0.2, 0) is 9.59 Å². The zero-order valence-electron chi connectivity index (χ0n) is 14.9. The normalized spacial score (nSPS) is 15.2. The molecule has 2 aromatic carbocycles. The Bertz CT molecular complexity index is 907. The largest absolute Gasteiger partial charge is 0.370 e. The van der Waals surface area contributed by atoms with Gasteiger partial charge < -0.3 is 10.2 Å². The van der Waals surface area contributed by atoms with Crippen LogP contribution in [-0.4, -0.2) is 43.5 Å². The van der Waals surface area contributed by atoms with E-state index in [0.29, 0.717) is 11.1 Å². The van der Waals surface area contributed by atoms with Crippen LogP contribution >= 0.6 is 23.2 Å². The van der Waals surface area contributed by atoms with Gasteiger partial charge >= 0.3 is 0 Å². The highest BCUT2D eigenvalue weighted by molar-refractivity contribution is 6.73. The predicted molar refractivity (Wildman–Crippen MR) is 103 cm³/mol. The number of Topliss-reactive ketones (excluding diaryl/α,β-unsaturated/α-hetero) is 2. The lowest BCUT2D eigenvalue weighted by molar-refractivity contribution is -0.154. The summed E-state index contributed by atoms with van der Waals surface area (Å²) in [5.41, 5.74) is -7.08. The zero-order chi connectivity index (χ0) is 21.3. The predicted octanol–water partition coefficient (Wildman–Crippen LogP) is 2.36. The van der Waals surface area contributed by atoms with Crippen molar-refractivity contribution in [2.45, 2.75) is 25.0 Å². The van der Waals surface area contributed by atoms with Crippen molar-refractivity contribution in [1.82, 2.24) is 0 Å². The lowest BCUT2D eigenvalue weighted by Gasteiger charge is -2.36. The Kier molecular flexibility index (Phi) is 6.21. The van der Waals surface area contributed by atoms with Crippen LogP contribution in [0.15, 0.2) is 48.5 Å². The standard InChI is InChI=1S/C20H16Cl2O6/c1-11-7-3-5-9-13(11)15(23)19(27,17(21)25)20(28,18(22)26)16(24)14-10-6-4-8-12(14)2/h3-10,27-28H,1-2H3. The third kappa shape index (κ3) is 3.29. The molecule has 2 atom stereocenters. The monoisotopic (exact) mass is 422 g/mol. The average molecular weight is 423 g/mol. The molecule has 8 heteroatoms. The number of hydrogen-bond acceptors (Lipinski definition) is 6. The summed E-state index contributed by atoms with van der Waals surface area (Å²) >= 11 is 10.9. The fraction of sp³-hybridized carbons (Fsp3) is 0.200. The molecular weight excluding hydrogens is 407 g/mol. The number of ketones is 2. The van der Waals surface area contributed by atoms with E-state index in [2.05, 4.69) is 0 Å². The molecule has 0 spiro atoms. The van der Waals surface area contributed by atoms with Crippen molar-refractivity contribution in [2.24, 2.45) is 0 Å². The van der Waals surface area contributed by atoms with Gasteiger partial charge in [0.2, 0.25) is 22.8 Å². The zero-order valence-corrected chi connectivity index (χ0v) is 16.4. The molecule has 0 fully saturated rings. The Morgan fingerprint density at radius 2 is 0.964 bits per heavy atom. The third-order valence-corrected chi connectivity index (χ3v) is 5.08. The molecule has 0 aliphatic carbocycles. The number of hydrogen-bond donors (Lipinski definition) is 2. The summed E-state index contributed by atoms with van der Waals surface area (Å²) in [6.07, 6.45) is 0.